The van der Waals surface area contributed by atoms with Crippen LogP contribution >= 0.6 is 11.6 Å². The Bertz CT molecular complexity index is 466. The van der Waals surface area contributed by atoms with Crippen LogP contribution in [0.15, 0.2) is 6.07 Å². The van der Waals surface area contributed by atoms with Crippen LogP contribution in [0.4, 0.5) is 4.39 Å². The van der Waals surface area contributed by atoms with E-state index in [1.165, 1.54) is 27.0 Å². The minimum atomic E-state index is -1.16. The van der Waals surface area contributed by atoms with Crippen LogP contribution in [0.3, 0.4) is 0 Å². The number of ether oxygens (including phenoxy) is 1. The molecule has 1 aromatic rings. The maximum absolute atomic E-state index is 13.9. The van der Waals surface area contributed by atoms with Gasteiger partial charge in [0.2, 0.25) is 0 Å². The number of phenols is 1. The molecule has 0 atom stereocenters. The Morgan fingerprint density at radius 2 is 2.12 bits per heavy atom. The van der Waals surface area contributed by atoms with Gasteiger partial charge in [0.1, 0.15) is 16.5 Å². The first-order valence-electron chi connectivity index (χ1n) is 4.51. The van der Waals surface area contributed by atoms with Crippen molar-refractivity contribution in [2.24, 2.45) is 0 Å². The van der Waals surface area contributed by atoms with Gasteiger partial charge in [0.15, 0.2) is 5.82 Å². The zero-order valence-electron chi connectivity index (χ0n) is 9.14. The number of benzene rings is 1. The summed E-state index contributed by atoms with van der Waals surface area (Å²) in [6, 6.07) is 3.10. The van der Waals surface area contributed by atoms with Gasteiger partial charge in [0, 0.05) is 6.07 Å². The second-order valence-electron chi connectivity index (χ2n) is 3.84. The Morgan fingerprint density at radius 1 is 1.56 bits per heavy atom. The second-order valence-corrected chi connectivity index (χ2v) is 4.22. The molecule has 0 spiro atoms. The van der Waals surface area contributed by atoms with Gasteiger partial charge in [-0.1, -0.05) is 11.6 Å². The summed E-state index contributed by atoms with van der Waals surface area (Å²) in [6.45, 7) is 2.99. The van der Waals surface area contributed by atoms with Gasteiger partial charge in [0.25, 0.3) is 0 Å². The van der Waals surface area contributed by atoms with E-state index in [4.69, 9.17) is 21.6 Å². The summed E-state index contributed by atoms with van der Waals surface area (Å²) in [5.41, 5.74) is -1.29. The first-order valence-corrected chi connectivity index (χ1v) is 4.89. The van der Waals surface area contributed by atoms with E-state index >= 15 is 0 Å². The van der Waals surface area contributed by atoms with Gasteiger partial charge in [-0.25, -0.2) is 4.39 Å². The average molecular weight is 244 g/mol. The van der Waals surface area contributed by atoms with Gasteiger partial charge >= 0.3 is 0 Å². The molecule has 0 aliphatic heterocycles. The Balaban J connectivity index is 3.56. The average Bonchev–Trinajstić information content (AvgIpc) is 2.23. The lowest BCUT2D eigenvalue weighted by atomic mass is 9.85. The Hall–Kier alpha value is -1.47. The second kappa shape index (κ2) is 4.18. The lowest BCUT2D eigenvalue weighted by Crippen LogP contribution is -2.16. The first-order chi connectivity index (χ1) is 7.35. The van der Waals surface area contributed by atoms with E-state index in [1.807, 2.05) is 6.07 Å². The summed E-state index contributed by atoms with van der Waals surface area (Å²) >= 11 is 5.71. The van der Waals surface area contributed by atoms with Crippen molar-refractivity contribution in [1.29, 1.82) is 5.26 Å². The molecule has 0 aromatic heterocycles. The van der Waals surface area contributed by atoms with Crippen molar-refractivity contribution >= 4 is 11.6 Å². The number of rotatable bonds is 2. The van der Waals surface area contributed by atoms with Crippen LogP contribution < -0.4 is 4.74 Å². The van der Waals surface area contributed by atoms with Crippen molar-refractivity contribution in [3.05, 3.63) is 22.5 Å². The van der Waals surface area contributed by atoms with Crippen LogP contribution in [0, 0.1) is 17.1 Å². The molecule has 0 amide bonds. The van der Waals surface area contributed by atoms with Crippen LogP contribution in [0.5, 0.6) is 11.5 Å². The molecular weight excluding hydrogens is 233 g/mol. The van der Waals surface area contributed by atoms with Crippen molar-refractivity contribution in [2.45, 2.75) is 19.3 Å². The molecule has 0 bridgehead atoms. The monoisotopic (exact) mass is 243 g/mol. The van der Waals surface area contributed by atoms with Gasteiger partial charge in [0.05, 0.1) is 24.2 Å². The molecule has 1 aromatic carbocycles. The highest BCUT2D eigenvalue weighted by atomic mass is 35.5. The third-order valence-electron chi connectivity index (χ3n) is 2.28. The molecule has 0 saturated heterocycles. The van der Waals surface area contributed by atoms with Gasteiger partial charge < -0.3 is 9.84 Å². The Kier molecular flexibility index (Phi) is 3.30. The topological polar surface area (TPSA) is 53.2 Å². The third kappa shape index (κ3) is 1.91. The van der Waals surface area contributed by atoms with E-state index in [2.05, 4.69) is 0 Å². The zero-order valence-corrected chi connectivity index (χ0v) is 9.89. The molecule has 16 heavy (non-hydrogen) atoms. The summed E-state index contributed by atoms with van der Waals surface area (Å²) in [5, 5.41) is 18.3. The molecule has 0 aliphatic rings. The predicted octanol–water partition coefficient (Wildman–Crippen LogP) is 2.99. The largest absolute Gasteiger partial charge is 0.507 e. The number of aromatic hydroxyl groups is 1. The van der Waals surface area contributed by atoms with Gasteiger partial charge in [-0.3, -0.25) is 0 Å². The number of nitriles is 1. The normalized spacial score (nSPS) is 11.0. The van der Waals surface area contributed by atoms with Crippen LogP contribution in [-0.4, -0.2) is 12.2 Å². The molecule has 0 fully saturated rings. The lowest BCUT2D eigenvalue weighted by Gasteiger charge is -2.19. The van der Waals surface area contributed by atoms with E-state index in [0.29, 0.717) is 0 Å². The SMILES string of the molecule is COc1cc(O)c(C(C)(C)C#N)c(F)c1Cl. The molecule has 1 N–H and O–H groups in total. The first kappa shape index (κ1) is 12.6. The molecule has 3 nitrogen and oxygen atoms in total. The van der Waals surface area contributed by atoms with Gasteiger partial charge in [-0.2, -0.15) is 5.26 Å². The van der Waals surface area contributed by atoms with Crippen LogP contribution in [0.1, 0.15) is 19.4 Å². The minimum Gasteiger partial charge on any atom is -0.507 e. The molecule has 0 unspecified atom stereocenters. The fraction of sp³-hybridized carbons (Fsp3) is 0.364. The molecule has 0 saturated carbocycles. The third-order valence-corrected chi connectivity index (χ3v) is 2.63. The smallest absolute Gasteiger partial charge is 0.154 e. The maximum Gasteiger partial charge on any atom is 0.154 e. The Morgan fingerprint density at radius 3 is 2.56 bits per heavy atom. The number of phenolic OH excluding ortho intramolecular Hbond substituents is 1. The fourth-order valence-electron chi connectivity index (χ4n) is 1.39. The number of hydrogen-bond acceptors (Lipinski definition) is 3. The highest BCUT2D eigenvalue weighted by Crippen LogP contribution is 2.41. The molecule has 0 radical (unpaired) electrons. The highest BCUT2D eigenvalue weighted by Gasteiger charge is 2.30. The molecule has 86 valence electrons. The number of methoxy groups -OCH3 is 1. The number of halogens is 2. The summed E-state index contributed by atoms with van der Waals surface area (Å²) in [5.74, 6) is -1.13. The van der Waals surface area contributed by atoms with Crippen LogP contribution in [-0.2, 0) is 5.41 Å². The van der Waals surface area contributed by atoms with Crippen molar-refractivity contribution in [1.82, 2.24) is 0 Å². The number of hydrogen-bond donors (Lipinski definition) is 1. The molecule has 1 rings (SSSR count). The summed E-state index contributed by atoms with van der Waals surface area (Å²) in [4.78, 5) is 0. The fourth-order valence-corrected chi connectivity index (χ4v) is 1.62. The van der Waals surface area contributed by atoms with E-state index in [9.17, 15) is 9.50 Å². The van der Waals surface area contributed by atoms with E-state index < -0.39 is 11.2 Å². The van der Waals surface area contributed by atoms with Crippen LogP contribution in [0.25, 0.3) is 0 Å². The maximum atomic E-state index is 13.9. The molecule has 5 heteroatoms. The summed E-state index contributed by atoms with van der Waals surface area (Å²) in [7, 11) is 1.31. The molecular formula is C11H11ClFNO2. The van der Waals surface area contributed by atoms with E-state index in [-0.39, 0.29) is 22.1 Å². The van der Waals surface area contributed by atoms with Crippen molar-refractivity contribution < 1.29 is 14.2 Å². The van der Waals surface area contributed by atoms with Crippen molar-refractivity contribution in [3.63, 3.8) is 0 Å². The van der Waals surface area contributed by atoms with Crippen LogP contribution in [0.2, 0.25) is 5.02 Å². The zero-order chi connectivity index (χ0) is 12.5. The van der Waals surface area contributed by atoms with Crippen molar-refractivity contribution in [2.75, 3.05) is 7.11 Å². The van der Waals surface area contributed by atoms with Gasteiger partial charge in [-0.15, -0.1) is 0 Å². The predicted molar refractivity (Wildman–Crippen MR) is 58.3 cm³/mol. The minimum absolute atomic E-state index is 0.0363. The quantitative estimate of drug-likeness (QED) is 0.869. The van der Waals surface area contributed by atoms with E-state index in [1.54, 1.807) is 0 Å². The van der Waals surface area contributed by atoms with Crippen molar-refractivity contribution in [3.8, 4) is 17.6 Å². The number of nitrogens with zero attached hydrogens (tertiary/aromatic N) is 1. The summed E-state index contributed by atoms with van der Waals surface area (Å²) < 4.78 is 18.7. The van der Waals surface area contributed by atoms with E-state index in [0.717, 1.165) is 0 Å². The highest BCUT2D eigenvalue weighted by molar-refractivity contribution is 6.32. The van der Waals surface area contributed by atoms with Gasteiger partial charge in [-0.05, 0) is 13.8 Å². The standard InChI is InChI=1S/C11H11ClFNO2/c1-11(2,5-14)8-6(15)4-7(16-3)9(12)10(8)13/h4,15H,1-3H3. The molecule has 0 heterocycles. The lowest BCUT2D eigenvalue weighted by molar-refractivity contribution is 0.395. The Labute approximate surface area is 98.0 Å². The summed E-state index contributed by atoms with van der Waals surface area (Å²) in [6.07, 6.45) is 0. The molecule has 0 aliphatic carbocycles.